The van der Waals surface area contributed by atoms with E-state index in [1.54, 1.807) is 17.2 Å². The Kier molecular flexibility index (Phi) is 4.44. The lowest BCUT2D eigenvalue weighted by molar-refractivity contribution is -0.131. The molecular formula is C18H17N5O3S. The molecule has 27 heavy (non-hydrogen) atoms. The molecule has 0 saturated carbocycles. The van der Waals surface area contributed by atoms with E-state index in [-0.39, 0.29) is 35.5 Å². The lowest BCUT2D eigenvalue weighted by Crippen LogP contribution is -2.34. The Morgan fingerprint density at radius 1 is 1.30 bits per heavy atom. The Morgan fingerprint density at radius 2 is 2.07 bits per heavy atom. The number of rotatable bonds is 4. The largest absolute Gasteiger partial charge is 0.333 e. The molecule has 8 nitrogen and oxygen atoms in total. The number of nitrogens with zero attached hydrogens (tertiary/aromatic N) is 4. The van der Waals surface area contributed by atoms with Gasteiger partial charge in [-0.2, -0.15) is 14.6 Å². The van der Waals surface area contributed by atoms with Crippen molar-refractivity contribution in [3.63, 3.8) is 0 Å². The molecule has 1 aliphatic heterocycles. The maximum atomic E-state index is 12.4. The van der Waals surface area contributed by atoms with Gasteiger partial charge in [-0.05, 0) is 12.5 Å². The van der Waals surface area contributed by atoms with E-state index in [1.165, 1.54) is 15.9 Å². The molecule has 1 N–H and O–H groups in total. The molecule has 0 spiro atoms. The first-order chi connectivity index (χ1) is 13.0. The van der Waals surface area contributed by atoms with Gasteiger partial charge < -0.3 is 10.2 Å². The summed E-state index contributed by atoms with van der Waals surface area (Å²) in [4.78, 5) is 42.2. The fourth-order valence-corrected chi connectivity index (χ4v) is 3.90. The smallest absolute Gasteiger partial charge is 0.295 e. The minimum atomic E-state index is -0.385. The lowest BCUT2D eigenvalue weighted by atomic mass is 9.99. The maximum absolute atomic E-state index is 12.4. The van der Waals surface area contributed by atoms with E-state index in [0.29, 0.717) is 23.7 Å². The zero-order valence-electron chi connectivity index (χ0n) is 14.6. The van der Waals surface area contributed by atoms with Crippen LogP contribution in [0.25, 0.3) is 4.96 Å². The van der Waals surface area contributed by atoms with Crippen LogP contribution >= 0.6 is 11.3 Å². The first-order valence-electron chi connectivity index (χ1n) is 8.49. The van der Waals surface area contributed by atoms with Gasteiger partial charge in [0.2, 0.25) is 16.8 Å². The van der Waals surface area contributed by atoms with Crippen LogP contribution in [0.2, 0.25) is 0 Å². The number of anilines is 1. The molecule has 1 saturated heterocycles. The van der Waals surface area contributed by atoms with Gasteiger partial charge in [0.1, 0.15) is 11.5 Å². The second kappa shape index (κ2) is 6.92. The minimum Gasteiger partial charge on any atom is -0.333 e. The molecule has 1 atom stereocenters. The second-order valence-electron chi connectivity index (χ2n) is 6.45. The molecule has 1 aromatic carbocycles. The average molecular weight is 383 g/mol. The summed E-state index contributed by atoms with van der Waals surface area (Å²) >= 11 is 1.21. The number of aromatic nitrogens is 3. The molecular weight excluding hydrogens is 366 g/mol. The van der Waals surface area contributed by atoms with E-state index in [9.17, 15) is 14.4 Å². The SMILES string of the molecule is Cc1nn2c(NC(=O)CN3CC(c4ccccc4)CC3=O)csc2nc1=O. The Labute approximate surface area is 158 Å². The summed E-state index contributed by atoms with van der Waals surface area (Å²) in [5.74, 6) is 0.192. The van der Waals surface area contributed by atoms with Crippen molar-refractivity contribution in [1.82, 2.24) is 19.5 Å². The minimum absolute atomic E-state index is 0.0217. The van der Waals surface area contributed by atoms with Crippen molar-refractivity contribution in [3.05, 3.63) is 57.3 Å². The van der Waals surface area contributed by atoms with Crippen molar-refractivity contribution in [1.29, 1.82) is 0 Å². The van der Waals surface area contributed by atoms with Crippen LogP contribution in [0.5, 0.6) is 0 Å². The van der Waals surface area contributed by atoms with Gasteiger partial charge in [0.05, 0.1) is 6.54 Å². The summed E-state index contributed by atoms with van der Waals surface area (Å²) in [5.41, 5.74) is 0.971. The predicted octanol–water partition coefficient (Wildman–Crippen LogP) is 1.41. The third kappa shape index (κ3) is 3.45. The third-order valence-corrected chi connectivity index (χ3v) is 5.35. The Bertz CT molecular complexity index is 1080. The lowest BCUT2D eigenvalue weighted by Gasteiger charge is -2.16. The first-order valence-corrected chi connectivity index (χ1v) is 9.37. The van der Waals surface area contributed by atoms with Crippen molar-refractivity contribution in [2.24, 2.45) is 0 Å². The number of amides is 2. The normalized spacial score (nSPS) is 16.9. The van der Waals surface area contributed by atoms with Gasteiger partial charge in [-0.1, -0.05) is 30.3 Å². The number of benzene rings is 1. The third-order valence-electron chi connectivity index (χ3n) is 4.53. The zero-order chi connectivity index (χ0) is 19.0. The number of hydrogen-bond acceptors (Lipinski definition) is 6. The molecule has 0 aliphatic carbocycles. The Balaban J connectivity index is 1.45. The van der Waals surface area contributed by atoms with Crippen LogP contribution in [-0.2, 0) is 9.59 Å². The molecule has 2 aromatic heterocycles. The van der Waals surface area contributed by atoms with Crippen LogP contribution in [0.15, 0.2) is 40.5 Å². The molecule has 3 heterocycles. The molecule has 0 radical (unpaired) electrons. The van der Waals surface area contributed by atoms with E-state index >= 15 is 0 Å². The molecule has 4 rings (SSSR count). The molecule has 0 bridgehead atoms. The van der Waals surface area contributed by atoms with Crippen LogP contribution in [0.3, 0.4) is 0 Å². The highest BCUT2D eigenvalue weighted by Gasteiger charge is 2.31. The number of thiazole rings is 1. The number of nitrogens with one attached hydrogen (secondary N) is 1. The Hall–Kier alpha value is -3.07. The number of hydrogen-bond donors (Lipinski definition) is 1. The zero-order valence-corrected chi connectivity index (χ0v) is 15.4. The van der Waals surface area contributed by atoms with Crippen molar-refractivity contribution in [2.45, 2.75) is 19.3 Å². The van der Waals surface area contributed by atoms with Gasteiger partial charge >= 0.3 is 0 Å². The average Bonchev–Trinajstić information content (AvgIpc) is 3.20. The fraction of sp³-hybridized carbons (Fsp3) is 0.278. The molecule has 2 amide bonds. The van der Waals surface area contributed by atoms with Gasteiger partial charge in [0, 0.05) is 24.3 Å². The van der Waals surface area contributed by atoms with Gasteiger partial charge in [-0.3, -0.25) is 14.4 Å². The van der Waals surface area contributed by atoms with E-state index in [2.05, 4.69) is 15.4 Å². The number of fused-ring (bicyclic) bond motifs is 1. The van der Waals surface area contributed by atoms with Crippen molar-refractivity contribution < 1.29 is 9.59 Å². The van der Waals surface area contributed by atoms with Crippen LogP contribution < -0.4 is 10.9 Å². The van der Waals surface area contributed by atoms with E-state index < -0.39 is 0 Å². The number of carbonyl (C=O) groups excluding carboxylic acids is 2. The summed E-state index contributed by atoms with van der Waals surface area (Å²) in [6, 6.07) is 9.84. The van der Waals surface area contributed by atoms with Gasteiger partial charge in [-0.25, -0.2) is 0 Å². The molecule has 1 fully saturated rings. The first kappa shape index (κ1) is 17.3. The molecule has 1 aliphatic rings. The van der Waals surface area contributed by atoms with Gasteiger partial charge in [0.25, 0.3) is 5.56 Å². The summed E-state index contributed by atoms with van der Waals surface area (Å²) in [6.45, 7) is 2.07. The van der Waals surface area contributed by atoms with Crippen LogP contribution in [0.1, 0.15) is 23.6 Å². The van der Waals surface area contributed by atoms with Gasteiger partial charge in [0.15, 0.2) is 0 Å². The Morgan fingerprint density at radius 3 is 2.85 bits per heavy atom. The highest BCUT2D eigenvalue weighted by Crippen LogP contribution is 2.27. The summed E-state index contributed by atoms with van der Waals surface area (Å²) in [7, 11) is 0. The van der Waals surface area contributed by atoms with Crippen molar-refractivity contribution >= 4 is 33.9 Å². The quantitative estimate of drug-likeness (QED) is 0.735. The highest BCUT2D eigenvalue weighted by molar-refractivity contribution is 7.15. The standard InChI is InChI=1S/C18H17N5O3S/c1-11-17(26)20-18-23(21-11)14(10-27-18)19-15(24)9-22-8-13(7-16(22)25)12-5-3-2-4-6-12/h2-6,10,13H,7-9H2,1H3,(H,19,24). The second-order valence-corrected chi connectivity index (χ2v) is 7.29. The molecule has 138 valence electrons. The van der Waals surface area contributed by atoms with Crippen LogP contribution in [0.4, 0.5) is 5.82 Å². The predicted molar refractivity (Wildman–Crippen MR) is 101 cm³/mol. The maximum Gasteiger partial charge on any atom is 0.295 e. The van der Waals surface area contributed by atoms with E-state index in [4.69, 9.17) is 0 Å². The summed E-state index contributed by atoms with van der Waals surface area (Å²) < 4.78 is 1.43. The number of aryl methyl sites for hydroxylation is 1. The van der Waals surface area contributed by atoms with Crippen LogP contribution in [0, 0.1) is 6.92 Å². The van der Waals surface area contributed by atoms with Crippen molar-refractivity contribution in [3.8, 4) is 0 Å². The van der Waals surface area contributed by atoms with Gasteiger partial charge in [-0.15, -0.1) is 11.3 Å². The molecule has 1 unspecified atom stereocenters. The van der Waals surface area contributed by atoms with E-state index in [1.807, 2.05) is 30.3 Å². The van der Waals surface area contributed by atoms with Crippen LogP contribution in [-0.4, -0.2) is 44.4 Å². The number of carbonyl (C=O) groups is 2. The van der Waals surface area contributed by atoms with E-state index in [0.717, 1.165) is 5.56 Å². The highest BCUT2D eigenvalue weighted by atomic mass is 32.1. The molecule has 9 heteroatoms. The summed E-state index contributed by atoms with van der Waals surface area (Å²) in [6.07, 6.45) is 0.407. The molecule has 3 aromatic rings. The summed E-state index contributed by atoms with van der Waals surface area (Å²) in [5, 5.41) is 8.56. The van der Waals surface area contributed by atoms with Crippen molar-refractivity contribution in [2.75, 3.05) is 18.4 Å². The number of likely N-dealkylation sites (tertiary alicyclic amines) is 1. The monoisotopic (exact) mass is 383 g/mol. The topological polar surface area (TPSA) is 96.7 Å². The fourth-order valence-electron chi connectivity index (χ4n) is 3.15.